The minimum Gasteiger partial charge on any atom is -0.418 e. The summed E-state index contributed by atoms with van der Waals surface area (Å²) in [4.78, 5) is 0. The van der Waals surface area contributed by atoms with Gasteiger partial charge in [-0.1, -0.05) is 47.2 Å². The van der Waals surface area contributed by atoms with Gasteiger partial charge in [0, 0.05) is 6.23 Å². The second-order valence-electron chi connectivity index (χ2n) is 5.26. The highest BCUT2D eigenvalue weighted by Crippen LogP contribution is 2.42. The largest absolute Gasteiger partial charge is 0.418 e. The summed E-state index contributed by atoms with van der Waals surface area (Å²) >= 11 is 6.17. The predicted octanol–water partition coefficient (Wildman–Crippen LogP) is 4.67. The van der Waals surface area contributed by atoms with Crippen LogP contribution in [0, 0.1) is 0 Å². The van der Waals surface area contributed by atoms with Crippen LogP contribution in [0.5, 0.6) is 0 Å². The highest BCUT2D eigenvalue weighted by atomic mass is 35.6. The van der Waals surface area contributed by atoms with Crippen LogP contribution < -0.4 is 0 Å². The molecule has 0 rings (SSSR count). The van der Waals surface area contributed by atoms with Crippen molar-refractivity contribution in [1.29, 1.82) is 0 Å². The molecule has 0 bridgehead atoms. The molecule has 0 atom stereocenters. The molecule has 0 aromatic carbocycles. The zero-order valence-electron chi connectivity index (χ0n) is 11.5. The van der Waals surface area contributed by atoms with E-state index in [2.05, 4.69) is 48.1 Å². The van der Waals surface area contributed by atoms with Crippen LogP contribution in [0.3, 0.4) is 0 Å². The first-order valence-corrected chi connectivity index (χ1v) is 11.0. The van der Waals surface area contributed by atoms with Crippen molar-refractivity contribution in [2.75, 3.05) is 6.23 Å². The van der Waals surface area contributed by atoms with E-state index in [-0.39, 0.29) is 0 Å². The lowest BCUT2D eigenvalue weighted by Crippen LogP contribution is -2.49. The van der Waals surface area contributed by atoms with Crippen molar-refractivity contribution in [2.45, 2.75) is 58.2 Å². The minimum absolute atomic E-state index is 0.629. The number of hydrogen-bond donors (Lipinski definition) is 0. The molecule has 1 radical (unpaired) electrons. The molecule has 0 heterocycles. The van der Waals surface area contributed by atoms with Gasteiger partial charge in [-0.25, -0.2) is 0 Å². The molecule has 0 aliphatic heterocycles. The Morgan fingerprint density at radius 2 is 1.50 bits per heavy atom. The fraction of sp³-hybridized carbons (Fsp3) is 0.833. The van der Waals surface area contributed by atoms with Gasteiger partial charge in [0.2, 0.25) is 8.11 Å². The van der Waals surface area contributed by atoms with Crippen LogP contribution in [0.15, 0.2) is 12.3 Å². The van der Waals surface area contributed by atoms with Gasteiger partial charge in [-0.3, -0.25) is 0 Å². The van der Waals surface area contributed by atoms with E-state index in [1.807, 2.05) is 5.70 Å². The third-order valence-corrected chi connectivity index (χ3v) is 11.4. The van der Waals surface area contributed by atoms with Crippen LogP contribution in [0.25, 0.3) is 0 Å². The fourth-order valence-corrected chi connectivity index (χ4v) is 9.91. The van der Waals surface area contributed by atoms with E-state index in [1.165, 1.54) is 0 Å². The smallest absolute Gasteiger partial charge is 0.217 e. The average Bonchev–Trinajstić information content (AvgIpc) is 2.16. The lowest BCUT2D eigenvalue weighted by molar-refractivity contribution is 0.334. The first kappa shape index (κ1) is 16.4. The monoisotopic (exact) mass is 277 g/mol. The molecule has 0 aromatic rings. The normalized spacial score (nSPS) is 13.2. The van der Waals surface area contributed by atoms with Gasteiger partial charge in [0.05, 0.1) is 0 Å². The molecule has 0 spiro atoms. The van der Waals surface area contributed by atoms with Crippen LogP contribution in [0.4, 0.5) is 0 Å². The Kier molecular flexibility index (Phi) is 7.18. The maximum absolute atomic E-state index is 6.35. The van der Waals surface area contributed by atoms with E-state index in [1.54, 1.807) is 0 Å². The van der Waals surface area contributed by atoms with Crippen molar-refractivity contribution in [3.05, 3.63) is 12.3 Å². The van der Waals surface area contributed by atoms with Gasteiger partial charge in [0.15, 0.2) is 8.32 Å². The van der Waals surface area contributed by atoms with Gasteiger partial charge < -0.3 is 4.43 Å². The Morgan fingerprint density at radius 1 is 1.12 bits per heavy atom. The van der Waals surface area contributed by atoms with Gasteiger partial charge >= 0.3 is 0 Å². The van der Waals surface area contributed by atoms with Gasteiger partial charge in [0.1, 0.15) is 0 Å². The summed E-state index contributed by atoms with van der Waals surface area (Å²) in [5.74, 6) is 0. The molecule has 95 valence electrons. The maximum Gasteiger partial charge on any atom is 0.217 e. The highest BCUT2D eigenvalue weighted by molar-refractivity contribution is 7.10. The molecule has 0 unspecified atom stereocenters. The standard InChI is InChI=1S/C12H26ClOSi2/c1-8-15(13)9-14-16(10(2)3,11(4)5)12(6)7/h8,10-12H,1,9H2,2-7H3. The Hall–Kier alpha value is 0.424. The van der Waals surface area contributed by atoms with Crippen molar-refractivity contribution >= 4 is 27.5 Å². The Bertz CT molecular complexity index is 195. The lowest BCUT2D eigenvalue weighted by Gasteiger charge is -2.42. The van der Waals surface area contributed by atoms with Crippen LogP contribution in [-0.2, 0) is 4.43 Å². The summed E-state index contributed by atoms with van der Waals surface area (Å²) in [6.07, 6.45) is 0.705. The van der Waals surface area contributed by atoms with E-state index in [0.29, 0.717) is 22.9 Å². The Balaban J connectivity index is 4.83. The summed E-state index contributed by atoms with van der Waals surface area (Å²) in [5.41, 5.74) is 3.74. The molecule has 0 saturated heterocycles. The molecule has 0 amide bonds. The van der Waals surface area contributed by atoms with Gasteiger partial charge in [0.25, 0.3) is 0 Å². The molecule has 0 fully saturated rings. The molecular weight excluding hydrogens is 252 g/mol. The predicted molar refractivity (Wildman–Crippen MR) is 78.8 cm³/mol. The average molecular weight is 278 g/mol. The topological polar surface area (TPSA) is 9.23 Å². The molecule has 0 aromatic heterocycles. The first-order chi connectivity index (χ1) is 7.28. The lowest BCUT2D eigenvalue weighted by atomic mass is 10.5. The zero-order chi connectivity index (χ0) is 12.9. The van der Waals surface area contributed by atoms with Crippen LogP contribution in [0.2, 0.25) is 16.6 Å². The second kappa shape index (κ2) is 6.99. The van der Waals surface area contributed by atoms with Crippen molar-refractivity contribution in [3.63, 3.8) is 0 Å². The van der Waals surface area contributed by atoms with Gasteiger partial charge in [-0.15, -0.1) is 6.58 Å². The molecule has 1 nitrogen and oxygen atoms in total. The van der Waals surface area contributed by atoms with E-state index < -0.39 is 16.4 Å². The third kappa shape index (κ3) is 3.72. The van der Waals surface area contributed by atoms with Crippen molar-refractivity contribution in [2.24, 2.45) is 0 Å². The zero-order valence-corrected chi connectivity index (χ0v) is 14.3. The molecule has 0 aliphatic rings. The summed E-state index contributed by atoms with van der Waals surface area (Å²) in [6.45, 7) is 17.5. The molecule has 4 heteroatoms. The summed E-state index contributed by atoms with van der Waals surface area (Å²) in [6, 6.07) is 0. The number of hydrogen-bond acceptors (Lipinski definition) is 1. The van der Waals surface area contributed by atoms with E-state index >= 15 is 0 Å². The minimum atomic E-state index is -1.71. The molecule has 0 saturated carbocycles. The van der Waals surface area contributed by atoms with Gasteiger partial charge in [-0.05, 0) is 16.6 Å². The summed E-state index contributed by atoms with van der Waals surface area (Å²) in [5, 5.41) is 0. The van der Waals surface area contributed by atoms with Crippen LogP contribution >= 0.6 is 11.1 Å². The van der Waals surface area contributed by atoms with E-state index in [4.69, 9.17) is 15.5 Å². The first-order valence-electron chi connectivity index (χ1n) is 6.06. The molecule has 0 N–H and O–H groups in total. The van der Waals surface area contributed by atoms with Gasteiger partial charge in [-0.2, -0.15) is 11.1 Å². The highest BCUT2D eigenvalue weighted by Gasteiger charge is 2.45. The summed E-state index contributed by atoms with van der Waals surface area (Å²) in [7, 11) is -2.73. The number of halogens is 1. The maximum atomic E-state index is 6.35. The van der Waals surface area contributed by atoms with Crippen molar-refractivity contribution < 1.29 is 4.43 Å². The third-order valence-electron chi connectivity index (χ3n) is 3.39. The van der Waals surface area contributed by atoms with Crippen LogP contribution in [0.1, 0.15) is 41.5 Å². The van der Waals surface area contributed by atoms with E-state index in [9.17, 15) is 0 Å². The van der Waals surface area contributed by atoms with Crippen LogP contribution in [-0.4, -0.2) is 22.7 Å². The molecule has 16 heavy (non-hydrogen) atoms. The molecular formula is C12H26ClOSi2. The second-order valence-corrected chi connectivity index (χ2v) is 13.8. The Labute approximate surface area is 109 Å². The molecule has 0 aliphatic carbocycles. The SMILES string of the molecule is C=C[Si](Cl)CO[Si](C(C)C)(C(C)C)C(C)C. The fourth-order valence-electron chi connectivity index (χ4n) is 2.75. The summed E-state index contributed by atoms with van der Waals surface area (Å²) < 4.78 is 6.35. The van der Waals surface area contributed by atoms with Crippen molar-refractivity contribution in [1.82, 2.24) is 0 Å². The Morgan fingerprint density at radius 3 is 1.75 bits per heavy atom. The number of rotatable bonds is 7. The quantitative estimate of drug-likeness (QED) is 0.485. The van der Waals surface area contributed by atoms with E-state index in [0.717, 1.165) is 0 Å². The van der Waals surface area contributed by atoms with Crippen molar-refractivity contribution in [3.8, 4) is 0 Å².